The number of fused-ring (bicyclic) bond motifs is 1. The zero-order valence-corrected chi connectivity index (χ0v) is 13.2. The van der Waals surface area contributed by atoms with Crippen molar-refractivity contribution < 1.29 is 9.90 Å². The van der Waals surface area contributed by atoms with Crippen molar-refractivity contribution in [3.8, 4) is 11.8 Å². The SMILES string of the molecule is CCn1c(N)c(C(=O)NC)c(=O)c2ccc(C#CC(C)O)nc21. The Hall–Kier alpha value is -2.85. The highest BCUT2D eigenvalue weighted by Crippen LogP contribution is 2.17. The number of carbonyl (C=O) groups is 1. The number of aliphatic hydroxyl groups excluding tert-OH is 1. The van der Waals surface area contributed by atoms with E-state index in [0.717, 1.165) is 0 Å². The Labute approximate surface area is 133 Å². The molecule has 0 bridgehead atoms. The van der Waals surface area contributed by atoms with Crippen molar-refractivity contribution in [2.75, 3.05) is 12.8 Å². The molecule has 2 aromatic heterocycles. The van der Waals surface area contributed by atoms with Crippen molar-refractivity contribution in [2.45, 2.75) is 26.5 Å². The molecule has 0 fully saturated rings. The van der Waals surface area contributed by atoms with Crippen LogP contribution < -0.4 is 16.5 Å². The van der Waals surface area contributed by atoms with E-state index in [1.807, 2.05) is 6.92 Å². The molecule has 23 heavy (non-hydrogen) atoms. The third-order valence-electron chi connectivity index (χ3n) is 3.33. The molecule has 0 radical (unpaired) electrons. The predicted molar refractivity (Wildman–Crippen MR) is 88.0 cm³/mol. The summed E-state index contributed by atoms with van der Waals surface area (Å²) >= 11 is 0. The normalized spacial score (nSPS) is 11.7. The summed E-state index contributed by atoms with van der Waals surface area (Å²) in [5.74, 6) is 4.85. The predicted octanol–water partition coefficient (Wildman–Crippen LogP) is 0.0905. The summed E-state index contributed by atoms with van der Waals surface area (Å²) in [6, 6.07) is 3.14. The van der Waals surface area contributed by atoms with E-state index >= 15 is 0 Å². The van der Waals surface area contributed by atoms with Crippen molar-refractivity contribution in [1.29, 1.82) is 0 Å². The second-order valence-corrected chi connectivity index (χ2v) is 4.93. The van der Waals surface area contributed by atoms with Crippen LogP contribution in [-0.2, 0) is 6.54 Å². The summed E-state index contributed by atoms with van der Waals surface area (Å²) < 4.78 is 1.59. The van der Waals surface area contributed by atoms with Crippen molar-refractivity contribution in [3.63, 3.8) is 0 Å². The largest absolute Gasteiger partial charge is 0.384 e. The highest BCUT2D eigenvalue weighted by Gasteiger charge is 2.20. The number of aryl methyl sites for hydroxylation is 1. The fraction of sp³-hybridized carbons (Fsp3) is 0.312. The van der Waals surface area contributed by atoms with Crippen LogP contribution in [0.5, 0.6) is 0 Å². The molecule has 0 saturated carbocycles. The lowest BCUT2D eigenvalue weighted by Gasteiger charge is -2.14. The summed E-state index contributed by atoms with van der Waals surface area (Å²) in [5.41, 5.74) is 6.21. The number of nitrogen functional groups attached to an aromatic ring is 1. The maximum absolute atomic E-state index is 12.5. The van der Waals surface area contributed by atoms with Gasteiger partial charge in [-0.15, -0.1) is 0 Å². The Kier molecular flexibility index (Phi) is 4.67. The fourth-order valence-electron chi connectivity index (χ4n) is 2.24. The Morgan fingerprint density at radius 3 is 2.78 bits per heavy atom. The van der Waals surface area contributed by atoms with E-state index in [9.17, 15) is 14.7 Å². The van der Waals surface area contributed by atoms with Gasteiger partial charge in [0.25, 0.3) is 5.91 Å². The zero-order valence-electron chi connectivity index (χ0n) is 13.2. The Morgan fingerprint density at radius 2 is 2.22 bits per heavy atom. The lowest BCUT2D eigenvalue weighted by Crippen LogP contribution is -2.30. The van der Waals surface area contributed by atoms with Gasteiger partial charge in [0.2, 0.25) is 5.43 Å². The Balaban J connectivity index is 2.82. The van der Waals surface area contributed by atoms with Gasteiger partial charge in [0.1, 0.15) is 28.8 Å². The molecule has 1 atom stereocenters. The van der Waals surface area contributed by atoms with Gasteiger partial charge in [-0.2, -0.15) is 0 Å². The number of carbonyl (C=O) groups excluding carboxylic acids is 1. The molecule has 2 rings (SSSR count). The number of hydrogen-bond acceptors (Lipinski definition) is 5. The van der Waals surface area contributed by atoms with E-state index in [4.69, 9.17) is 5.73 Å². The van der Waals surface area contributed by atoms with Gasteiger partial charge in [0, 0.05) is 13.6 Å². The molecule has 0 aliphatic rings. The summed E-state index contributed by atoms with van der Waals surface area (Å²) in [6.45, 7) is 3.82. The number of amides is 1. The summed E-state index contributed by atoms with van der Waals surface area (Å²) in [6.07, 6.45) is -0.776. The minimum Gasteiger partial charge on any atom is -0.384 e. The number of aliphatic hydroxyl groups is 1. The quantitative estimate of drug-likeness (QED) is 0.681. The van der Waals surface area contributed by atoms with Crippen molar-refractivity contribution in [3.05, 3.63) is 33.6 Å². The minimum absolute atomic E-state index is 0.0671. The van der Waals surface area contributed by atoms with Crippen LogP contribution in [0.2, 0.25) is 0 Å². The van der Waals surface area contributed by atoms with Crippen LogP contribution in [0.25, 0.3) is 11.0 Å². The summed E-state index contributed by atoms with van der Waals surface area (Å²) in [7, 11) is 1.44. The molecule has 2 heterocycles. The first-order valence-electron chi connectivity index (χ1n) is 7.15. The molecule has 2 aromatic rings. The fourth-order valence-corrected chi connectivity index (χ4v) is 2.24. The number of nitrogens with two attached hydrogens (primary N) is 1. The van der Waals surface area contributed by atoms with Crippen LogP contribution in [0.4, 0.5) is 5.82 Å². The number of nitrogens with one attached hydrogen (secondary N) is 1. The van der Waals surface area contributed by atoms with Gasteiger partial charge in [-0.1, -0.05) is 5.92 Å². The van der Waals surface area contributed by atoms with Gasteiger partial charge in [0.15, 0.2) is 0 Å². The first-order valence-corrected chi connectivity index (χ1v) is 7.15. The molecule has 1 amide bonds. The van der Waals surface area contributed by atoms with E-state index in [1.165, 1.54) is 7.05 Å². The third kappa shape index (κ3) is 3.03. The standard InChI is InChI=1S/C16H18N4O3/c1-4-20-14(17)12(16(23)18-3)13(22)11-8-7-10(19-15(11)20)6-5-9(2)21/h7-9,21H,4,17H2,1-3H3,(H,18,23). The van der Waals surface area contributed by atoms with Crippen LogP contribution in [0.1, 0.15) is 29.9 Å². The van der Waals surface area contributed by atoms with Crippen LogP contribution >= 0.6 is 0 Å². The minimum atomic E-state index is -0.776. The number of anilines is 1. The number of aromatic nitrogens is 2. The van der Waals surface area contributed by atoms with E-state index in [-0.39, 0.29) is 11.4 Å². The van der Waals surface area contributed by atoms with Gasteiger partial charge in [-0.3, -0.25) is 9.59 Å². The van der Waals surface area contributed by atoms with E-state index < -0.39 is 17.4 Å². The molecular weight excluding hydrogens is 296 g/mol. The van der Waals surface area contributed by atoms with E-state index in [1.54, 1.807) is 23.6 Å². The molecular formula is C16H18N4O3. The van der Waals surface area contributed by atoms with Gasteiger partial charge in [0.05, 0.1) is 5.39 Å². The second kappa shape index (κ2) is 6.50. The summed E-state index contributed by atoms with van der Waals surface area (Å²) in [5, 5.41) is 11.9. The van der Waals surface area contributed by atoms with Crippen molar-refractivity contribution in [1.82, 2.24) is 14.9 Å². The molecule has 4 N–H and O–H groups in total. The highest BCUT2D eigenvalue weighted by atomic mass is 16.3. The number of hydrogen-bond donors (Lipinski definition) is 3. The number of rotatable bonds is 2. The first-order chi connectivity index (χ1) is 10.9. The zero-order chi connectivity index (χ0) is 17.1. The number of pyridine rings is 2. The molecule has 0 aliphatic heterocycles. The average Bonchev–Trinajstić information content (AvgIpc) is 2.53. The van der Waals surface area contributed by atoms with E-state index in [0.29, 0.717) is 23.3 Å². The lowest BCUT2D eigenvalue weighted by atomic mass is 10.1. The van der Waals surface area contributed by atoms with Gasteiger partial charge in [-0.05, 0) is 31.9 Å². The second-order valence-electron chi connectivity index (χ2n) is 4.93. The topological polar surface area (TPSA) is 110 Å². The van der Waals surface area contributed by atoms with Crippen LogP contribution in [0.15, 0.2) is 16.9 Å². The van der Waals surface area contributed by atoms with Crippen LogP contribution in [0.3, 0.4) is 0 Å². The first kappa shape index (κ1) is 16.5. The summed E-state index contributed by atoms with van der Waals surface area (Å²) in [4.78, 5) is 28.8. The average molecular weight is 314 g/mol. The monoisotopic (exact) mass is 314 g/mol. The lowest BCUT2D eigenvalue weighted by molar-refractivity contribution is 0.0962. The highest BCUT2D eigenvalue weighted by molar-refractivity contribution is 6.01. The molecule has 120 valence electrons. The molecule has 0 saturated heterocycles. The van der Waals surface area contributed by atoms with Crippen molar-refractivity contribution >= 4 is 22.8 Å². The van der Waals surface area contributed by atoms with Gasteiger partial charge >= 0.3 is 0 Å². The molecule has 0 aromatic carbocycles. The Bertz CT molecular complexity index is 888. The molecule has 7 nitrogen and oxygen atoms in total. The maximum atomic E-state index is 12.5. The van der Waals surface area contributed by atoms with Crippen LogP contribution in [0, 0.1) is 11.8 Å². The third-order valence-corrected chi connectivity index (χ3v) is 3.33. The Morgan fingerprint density at radius 1 is 1.52 bits per heavy atom. The van der Waals surface area contributed by atoms with Crippen LogP contribution in [-0.4, -0.2) is 33.7 Å². The molecule has 0 spiro atoms. The molecule has 0 aliphatic carbocycles. The maximum Gasteiger partial charge on any atom is 0.258 e. The van der Waals surface area contributed by atoms with Gasteiger partial charge < -0.3 is 20.7 Å². The van der Waals surface area contributed by atoms with E-state index in [2.05, 4.69) is 22.1 Å². The number of nitrogens with zero attached hydrogens (tertiary/aromatic N) is 2. The van der Waals surface area contributed by atoms with Crippen molar-refractivity contribution in [2.24, 2.45) is 0 Å². The molecule has 7 heteroatoms. The van der Waals surface area contributed by atoms with Gasteiger partial charge in [-0.25, -0.2) is 4.98 Å². The molecule has 1 unspecified atom stereocenters. The smallest absolute Gasteiger partial charge is 0.258 e.